The van der Waals surface area contributed by atoms with E-state index in [1.165, 1.54) is 16.7 Å². The highest BCUT2D eigenvalue weighted by atomic mass is 19.4. The Kier molecular flexibility index (Phi) is 12.6. The van der Waals surface area contributed by atoms with Crippen LogP contribution in [0.5, 0.6) is 0 Å². The molecule has 0 saturated heterocycles. The molecule has 0 atom stereocenters. The minimum absolute atomic E-state index is 0.0491. The fraction of sp³-hybridized carbons (Fsp3) is 0.325. The van der Waals surface area contributed by atoms with Gasteiger partial charge in [0.05, 0.1) is 13.1 Å². The van der Waals surface area contributed by atoms with Gasteiger partial charge >= 0.3 is 24.7 Å². The predicted octanol–water partition coefficient (Wildman–Crippen LogP) is 8.50. The first-order chi connectivity index (χ1) is 28.1. The number of anilines is 4. The van der Waals surface area contributed by atoms with E-state index in [1.54, 1.807) is 36.4 Å². The van der Waals surface area contributed by atoms with E-state index < -0.39 is 47.0 Å². The normalized spacial score (nSPS) is 15.1. The van der Waals surface area contributed by atoms with E-state index in [0.29, 0.717) is 65.4 Å². The number of carbonyl (C=O) groups excluding carboxylic acids is 3. The smallest absolute Gasteiger partial charge is 0.399 e. The molecule has 3 amide bonds. The molecule has 4 aromatic rings. The molecule has 328 valence electrons. The fourth-order valence-electron chi connectivity index (χ4n) is 6.81. The average molecular weight is 879 g/mol. The third-order valence-corrected chi connectivity index (χ3v) is 9.97. The van der Waals surface area contributed by atoms with Gasteiger partial charge < -0.3 is 31.1 Å². The second-order valence-corrected chi connectivity index (χ2v) is 14.2. The molecule has 2 aliphatic heterocycles. The van der Waals surface area contributed by atoms with Crippen molar-refractivity contribution in [1.29, 1.82) is 0 Å². The number of halogens is 12. The Morgan fingerprint density at radius 2 is 0.934 bits per heavy atom. The zero-order chi connectivity index (χ0) is 45.5. The van der Waals surface area contributed by atoms with Crippen LogP contribution in [0.4, 0.5) is 75.4 Å². The van der Waals surface area contributed by atoms with Gasteiger partial charge in [-0.1, -0.05) is 48.5 Å². The molecular weight excluding hydrogens is 844 g/mol. The van der Waals surface area contributed by atoms with Crippen molar-refractivity contribution in [2.24, 2.45) is 0 Å². The number of nitrogens with two attached hydrogens (primary N) is 1. The van der Waals surface area contributed by atoms with Crippen LogP contribution in [0, 0.1) is 0 Å². The predicted molar refractivity (Wildman–Crippen MR) is 196 cm³/mol. The lowest BCUT2D eigenvalue weighted by molar-refractivity contribution is -0.376. The highest BCUT2D eigenvalue weighted by molar-refractivity contribution is 5.98. The summed E-state index contributed by atoms with van der Waals surface area (Å²) in [6.07, 6.45) is -22.6. The summed E-state index contributed by atoms with van der Waals surface area (Å²) in [5.74, 6) is -0.768. The molecule has 0 saturated carbocycles. The van der Waals surface area contributed by atoms with Gasteiger partial charge in [-0.15, -0.1) is 0 Å². The van der Waals surface area contributed by atoms with Crippen LogP contribution in [0.2, 0.25) is 0 Å². The largest absolute Gasteiger partial charge is 0.430 e. The minimum atomic E-state index is -5.97. The molecule has 61 heavy (non-hydrogen) atoms. The molecule has 2 heterocycles. The first-order valence-corrected chi connectivity index (χ1v) is 17.9. The highest BCUT2D eigenvalue weighted by Gasteiger charge is 2.72. The molecular formula is C40H34F12N4O5. The molecule has 2 aliphatic rings. The van der Waals surface area contributed by atoms with Crippen molar-refractivity contribution in [3.63, 3.8) is 0 Å². The van der Waals surface area contributed by atoms with Gasteiger partial charge in [0.15, 0.2) is 0 Å². The zero-order valence-electron chi connectivity index (χ0n) is 31.5. The highest BCUT2D eigenvalue weighted by Crippen LogP contribution is 2.51. The Bertz CT molecular complexity index is 2240. The molecule has 4 aromatic carbocycles. The maximum absolute atomic E-state index is 13.0. The summed E-state index contributed by atoms with van der Waals surface area (Å²) in [5, 5.41) is 21.5. The standard InChI is InChI=1S/C21H18F6N2O3.C19H16F6N2O2/c1-12(30)28-16-7-8-17-14(10-16)4-9-18(31)29(17)11-13-2-5-15(6-3-13)19(32,20(22,23)24)21(25,26)27;20-18(21,22)17(29,19(23,24)25)13-4-1-11(2-5-13)10-27-15-7-6-14(26)9-12(15)3-8-16(27)28/h2-3,5-8,10,32H,4,9,11H2,1H3,(H,28,30);1-2,4-7,9,29H,3,8,10,26H2. The van der Waals surface area contributed by atoms with Gasteiger partial charge in [0.2, 0.25) is 17.7 Å². The van der Waals surface area contributed by atoms with E-state index in [-0.39, 0.29) is 49.2 Å². The molecule has 0 spiro atoms. The maximum atomic E-state index is 13.0. The molecule has 21 heteroatoms. The molecule has 0 radical (unpaired) electrons. The van der Waals surface area contributed by atoms with Crippen molar-refractivity contribution >= 4 is 40.5 Å². The van der Waals surface area contributed by atoms with Gasteiger partial charge in [-0.3, -0.25) is 14.4 Å². The number of aliphatic hydroxyl groups is 2. The summed E-state index contributed by atoms with van der Waals surface area (Å²) in [6, 6.07) is 16.1. The van der Waals surface area contributed by atoms with Crippen LogP contribution in [0.25, 0.3) is 0 Å². The van der Waals surface area contributed by atoms with E-state index in [1.807, 2.05) is 0 Å². The minimum Gasteiger partial charge on any atom is -0.399 e. The topological polar surface area (TPSA) is 136 Å². The van der Waals surface area contributed by atoms with Crippen LogP contribution in [0.15, 0.2) is 84.9 Å². The molecule has 0 fully saturated rings. The molecule has 0 aliphatic carbocycles. The molecule has 9 nitrogen and oxygen atoms in total. The Labute approximate surface area is 338 Å². The summed E-state index contributed by atoms with van der Waals surface area (Å²) < 4.78 is 156. The van der Waals surface area contributed by atoms with E-state index in [2.05, 4.69) is 5.32 Å². The van der Waals surface area contributed by atoms with Crippen LogP contribution in [-0.2, 0) is 51.5 Å². The van der Waals surface area contributed by atoms with E-state index in [0.717, 1.165) is 35.4 Å². The number of rotatable bonds is 7. The van der Waals surface area contributed by atoms with Crippen LogP contribution < -0.4 is 20.9 Å². The molecule has 5 N–H and O–H groups in total. The number of nitrogens with one attached hydrogen (secondary N) is 1. The number of aryl methyl sites for hydroxylation is 2. The summed E-state index contributed by atoms with van der Waals surface area (Å²) in [6.45, 7) is 1.20. The number of hydrogen-bond acceptors (Lipinski definition) is 6. The van der Waals surface area contributed by atoms with E-state index in [9.17, 15) is 77.3 Å². The Balaban J connectivity index is 0.000000232. The fourth-order valence-corrected chi connectivity index (χ4v) is 6.81. The number of alkyl halides is 12. The van der Waals surface area contributed by atoms with Crippen molar-refractivity contribution in [3.8, 4) is 0 Å². The first-order valence-electron chi connectivity index (χ1n) is 17.9. The molecule has 6 rings (SSSR count). The van der Waals surface area contributed by atoms with Crippen LogP contribution in [0.3, 0.4) is 0 Å². The van der Waals surface area contributed by atoms with Gasteiger partial charge in [0.25, 0.3) is 11.2 Å². The number of nitrogens with zero attached hydrogens (tertiary/aromatic N) is 2. The van der Waals surface area contributed by atoms with Gasteiger partial charge in [0.1, 0.15) is 0 Å². The number of carbonyl (C=O) groups is 3. The lowest BCUT2D eigenvalue weighted by Gasteiger charge is -2.33. The van der Waals surface area contributed by atoms with Crippen LogP contribution >= 0.6 is 0 Å². The Morgan fingerprint density at radius 3 is 1.30 bits per heavy atom. The summed E-state index contributed by atoms with van der Waals surface area (Å²) >= 11 is 0. The second-order valence-electron chi connectivity index (χ2n) is 14.2. The van der Waals surface area contributed by atoms with E-state index >= 15 is 0 Å². The van der Waals surface area contributed by atoms with Gasteiger partial charge in [-0.2, -0.15) is 52.7 Å². The molecule has 0 aromatic heterocycles. The maximum Gasteiger partial charge on any atom is 0.430 e. The third-order valence-electron chi connectivity index (χ3n) is 9.97. The SMILES string of the molecule is CC(=O)Nc1ccc2c(c1)CCC(=O)N2Cc1ccc(C(O)(C(F)(F)F)C(F)(F)F)cc1.Nc1ccc2c(c1)CCC(=O)N2Cc1ccc(C(O)(C(F)(F)F)C(F)(F)F)cc1. The monoisotopic (exact) mass is 878 g/mol. The van der Waals surface area contributed by atoms with Crippen molar-refractivity contribution in [2.75, 3.05) is 20.9 Å². The number of nitrogen functional groups attached to an aromatic ring is 1. The quantitative estimate of drug-likeness (QED) is 0.109. The van der Waals surface area contributed by atoms with Gasteiger partial charge in [-0.25, -0.2) is 0 Å². The van der Waals surface area contributed by atoms with Crippen molar-refractivity contribution in [2.45, 2.75) is 81.6 Å². The zero-order valence-corrected chi connectivity index (χ0v) is 31.5. The summed E-state index contributed by atoms with van der Waals surface area (Å²) in [7, 11) is 0. The summed E-state index contributed by atoms with van der Waals surface area (Å²) in [5.41, 5.74) is -2.65. The second kappa shape index (κ2) is 16.6. The summed E-state index contributed by atoms with van der Waals surface area (Å²) in [4.78, 5) is 38.7. The van der Waals surface area contributed by atoms with Gasteiger partial charge in [0, 0.05) is 53.6 Å². The van der Waals surface area contributed by atoms with Crippen molar-refractivity contribution in [1.82, 2.24) is 0 Å². The van der Waals surface area contributed by atoms with Crippen LogP contribution in [-0.4, -0.2) is 52.6 Å². The average Bonchev–Trinajstić information content (AvgIpc) is 3.15. The van der Waals surface area contributed by atoms with E-state index in [4.69, 9.17) is 5.73 Å². The number of amides is 3. The first kappa shape index (κ1) is 46.2. The number of fused-ring (bicyclic) bond motifs is 2. The number of benzene rings is 4. The third kappa shape index (κ3) is 9.26. The van der Waals surface area contributed by atoms with Crippen LogP contribution in [0.1, 0.15) is 53.1 Å². The van der Waals surface area contributed by atoms with Gasteiger partial charge in [-0.05, 0) is 71.5 Å². The Hall–Kier alpha value is -5.83. The number of hydrogen-bond donors (Lipinski definition) is 4. The lowest BCUT2D eigenvalue weighted by atomic mass is 9.91. The Morgan fingerprint density at radius 1 is 0.574 bits per heavy atom. The lowest BCUT2D eigenvalue weighted by Crippen LogP contribution is -2.53. The van der Waals surface area contributed by atoms with Crippen molar-refractivity contribution < 1.29 is 77.3 Å². The van der Waals surface area contributed by atoms with Crippen molar-refractivity contribution in [3.05, 3.63) is 118 Å². The molecule has 0 unspecified atom stereocenters. The molecule has 0 bridgehead atoms.